The van der Waals surface area contributed by atoms with Crippen LogP contribution in [-0.2, 0) is 14.8 Å². The minimum atomic E-state index is -3.29. The van der Waals surface area contributed by atoms with Gasteiger partial charge in [0.15, 0.2) is 0 Å². The predicted octanol–water partition coefficient (Wildman–Crippen LogP) is 1.33. The first-order valence-electron chi connectivity index (χ1n) is 5.44. The van der Waals surface area contributed by atoms with E-state index in [0.717, 1.165) is 0 Å². The van der Waals surface area contributed by atoms with E-state index in [0.29, 0.717) is 11.4 Å². The van der Waals surface area contributed by atoms with E-state index in [2.05, 4.69) is 10.0 Å². The Morgan fingerprint density at radius 2 is 1.78 bits per heavy atom. The van der Waals surface area contributed by atoms with Crippen molar-refractivity contribution < 1.29 is 18.3 Å². The first-order valence-corrected chi connectivity index (χ1v) is 7.09. The fraction of sp³-hybridized carbons (Fsp3) is 0.364. The summed E-state index contributed by atoms with van der Waals surface area (Å²) in [6, 6.07) is 5.68. The Hall–Kier alpha value is -1.76. The van der Waals surface area contributed by atoms with E-state index in [1.165, 1.54) is 6.92 Å². The van der Waals surface area contributed by atoms with Crippen LogP contribution in [0.25, 0.3) is 0 Å². The van der Waals surface area contributed by atoms with Crippen LogP contribution in [0.2, 0.25) is 0 Å². The molecule has 0 saturated heterocycles. The Balaban J connectivity index is 2.72. The monoisotopic (exact) mass is 272 g/mol. The van der Waals surface area contributed by atoms with Gasteiger partial charge in [-0.1, -0.05) is 0 Å². The minimum Gasteiger partial charge on any atom is -0.480 e. The maximum Gasteiger partial charge on any atom is 0.325 e. The van der Waals surface area contributed by atoms with Crippen LogP contribution in [0.4, 0.5) is 11.4 Å². The molecule has 3 N–H and O–H groups in total. The Morgan fingerprint density at radius 1 is 1.28 bits per heavy atom. The van der Waals surface area contributed by atoms with E-state index in [-0.39, 0.29) is 5.75 Å². The van der Waals surface area contributed by atoms with Gasteiger partial charge in [-0.2, -0.15) is 0 Å². The van der Waals surface area contributed by atoms with Crippen molar-refractivity contribution in [1.29, 1.82) is 0 Å². The van der Waals surface area contributed by atoms with E-state index < -0.39 is 22.0 Å². The third kappa shape index (κ3) is 4.25. The van der Waals surface area contributed by atoms with Crippen LogP contribution in [0.3, 0.4) is 0 Å². The predicted molar refractivity (Wildman–Crippen MR) is 70.2 cm³/mol. The first-order chi connectivity index (χ1) is 8.34. The van der Waals surface area contributed by atoms with Gasteiger partial charge in [-0.05, 0) is 38.1 Å². The lowest BCUT2D eigenvalue weighted by Crippen LogP contribution is -2.25. The molecule has 0 heterocycles. The van der Waals surface area contributed by atoms with Crippen LogP contribution in [-0.4, -0.2) is 31.3 Å². The SMILES string of the molecule is CCS(=O)(=O)Nc1ccc(NC(C)C(=O)O)cc1. The molecule has 0 radical (unpaired) electrons. The van der Waals surface area contributed by atoms with Crippen LogP contribution in [0.1, 0.15) is 13.8 Å². The highest BCUT2D eigenvalue weighted by molar-refractivity contribution is 7.92. The van der Waals surface area contributed by atoms with Gasteiger partial charge >= 0.3 is 5.97 Å². The number of carbonyl (C=O) groups is 1. The molecule has 0 aliphatic rings. The standard InChI is InChI=1S/C11H16N2O4S/c1-3-18(16,17)13-10-6-4-9(5-7-10)12-8(2)11(14)15/h4-8,12-13H,3H2,1-2H3,(H,14,15). The molecular weight excluding hydrogens is 256 g/mol. The molecule has 1 atom stereocenters. The topological polar surface area (TPSA) is 95.5 Å². The zero-order valence-electron chi connectivity index (χ0n) is 10.2. The van der Waals surface area contributed by atoms with Crippen LogP contribution < -0.4 is 10.0 Å². The Morgan fingerprint density at radius 3 is 2.22 bits per heavy atom. The summed E-state index contributed by atoms with van der Waals surface area (Å²) in [6.45, 7) is 3.07. The number of hydrogen-bond acceptors (Lipinski definition) is 4. The average Bonchev–Trinajstić information content (AvgIpc) is 2.31. The molecule has 0 saturated carbocycles. The molecule has 0 bridgehead atoms. The van der Waals surface area contributed by atoms with Gasteiger partial charge < -0.3 is 10.4 Å². The smallest absolute Gasteiger partial charge is 0.325 e. The highest BCUT2D eigenvalue weighted by atomic mass is 32.2. The summed E-state index contributed by atoms with van der Waals surface area (Å²) < 4.78 is 25.0. The second-order valence-corrected chi connectivity index (χ2v) is 5.80. The zero-order valence-corrected chi connectivity index (χ0v) is 11.0. The first kappa shape index (κ1) is 14.3. The number of nitrogens with one attached hydrogen (secondary N) is 2. The van der Waals surface area contributed by atoms with Gasteiger partial charge in [0.05, 0.1) is 5.75 Å². The fourth-order valence-electron chi connectivity index (χ4n) is 1.20. The van der Waals surface area contributed by atoms with Gasteiger partial charge in [-0.3, -0.25) is 9.52 Å². The summed E-state index contributed by atoms with van der Waals surface area (Å²) in [5.41, 5.74) is 1.06. The van der Waals surface area contributed by atoms with Crippen LogP contribution in [0, 0.1) is 0 Å². The molecule has 100 valence electrons. The van der Waals surface area contributed by atoms with Crippen molar-refractivity contribution >= 4 is 27.4 Å². The molecule has 1 rings (SSSR count). The quantitative estimate of drug-likeness (QED) is 0.726. The van der Waals surface area contributed by atoms with Gasteiger partial charge in [-0.15, -0.1) is 0 Å². The van der Waals surface area contributed by atoms with Crippen molar-refractivity contribution in [3.63, 3.8) is 0 Å². The normalized spacial score (nSPS) is 12.8. The lowest BCUT2D eigenvalue weighted by atomic mass is 10.2. The molecule has 0 aliphatic heterocycles. The van der Waals surface area contributed by atoms with Crippen LogP contribution in [0.5, 0.6) is 0 Å². The summed E-state index contributed by atoms with van der Waals surface area (Å²) in [5, 5.41) is 11.5. The van der Waals surface area contributed by atoms with Gasteiger partial charge in [-0.25, -0.2) is 8.42 Å². The molecule has 7 heteroatoms. The maximum atomic E-state index is 11.3. The highest BCUT2D eigenvalue weighted by Crippen LogP contribution is 2.15. The third-order valence-corrected chi connectivity index (χ3v) is 3.60. The zero-order chi connectivity index (χ0) is 13.8. The van der Waals surface area contributed by atoms with Crippen molar-refractivity contribution in [3.05, 3.63) is 24.3 Å². The Labute approximate surface area is 106 Å². The molecule has 0 aromatic heterocycles. The van der Waals surface area contributed by atoms with Crippen molar-refractivity contribution in [3.8, 4) is 0 Å². The molecule has 1 aromatic carbocycles. The minimum absolute atomic E-state index is 0.00303. The van der Waals surface area contributed by atoms with E-state index >= 15 is 0 Å². The maximum absolute atomic E-state index is 11.3. The highest BCUT2D eigenvalue weighted by Gasteiger charge is 2.10. The fourth-order valence-corrected chi connectivity index (χ4v) is 1.84. The third-order valence-electron chi connectivity index (χ3n) is 2.29. The van der Waals surface area contributed by atoms with Crippen LogP contribution >= 0.6 is 0 Å². The Kier molecular flexibility index (Phi) is 4.55. The number of anilines is 2. The number of aliphatic carboxylic acids is 1. The summed E-state index contributed by atoms with van der Waals surface area (Å²) in [5.74, 6) is -0.950. The number of benzene rings is 1. The van der Waals surface area contributed by atoms with E-state index in [4.69, 9.17) is 5.11 Å². The lowest BCUT2D eigenvalue weighted by molar-refractivity contribution is -0.137. The average molecular weight is 272 g/mol. The van der Waals surface area contributed by atoms with Crippen LogP contribution in [0.15, 0.2) is 24.3 Å². The molecule has 0 fully saturated rings. The lowest BCUT2D eigenvalue weighted by Gasteiger charge is -2.11. The van der Waals surface area contributed by atoms with E-state index in [1.54, 1.807) is 31.2 Å². The largest absolute Gasteiger partial charge is 0.480 e. The van der Waals surface area contributed by atoms with E-state index in [1.807, 2.05) is 0 Å². The summed E-state index contributed by atoms with van der Waals surface area (Å²) in [4.78, 5) is 10.6. The number of carboxylic acid groups (broad SMARTS) is 1. The summed E-state index contributed by atoms with van der Waals surface area (Å²) in [6.07, 6.45) is 0. The van der Waals surface area contributed by atoms with Crippen molar-refractivity contribution in [2.75, 3.05) is 15.8 Å². The number of hydrogen-bond donors (Lipinski definition) is 3. The number of sulfonamides is 1. The second kappa shape index (κ2) is 5.72. The summed E-state index contributed by atoms with van der Waals surface area (Å²) >= 11 is 0. The van der Waals surface area contributed by atoms with Gasteiger partial charge in [0.25, 0.3) is 0 Å². The molecular formula is C11H16N2O4S. The molecule has 0 spiro atoms. The van der Waals surface area contributed by atoms with Crippen molar-refractivity contribution in [1.82, 2.24) is 0 Å². The van der Waals surface area contributed by atoms with Gasteiger partial charge in [0.2, 0.25) is 10.0 Å². The molecule has 1 unspecified atom stereocenters. The second-order valence-electron chi connectivity index (χ2n) is 3.79. The Bertz CT molecular complexity index is 510. The van der Waals surface area contributed by atoms with Crippen molar-refractivity contribution in [2.45, 2.75) is 19.9 Å². The molecule has 1 aromatic rings. The molecule has 18 heavy (non-hydrogen) atoms. The van der Waals surface area contributed by atoms with E-state index in [9.17, 15) is 13.2 Å². The number of rotatable bonds is 6. The van der Waals surface area contributed by atoms with Gasteiger partial charge in [0, 0.05) is 11.4 Å². The number of carboxylic acids is 1. The summed E-state index contributed by atoms with van der Waals surface area (Å²) in [7, 11) is -3.29. The molecule has 0 aliphatic carbocycles. The van der Waals surface area contributed by atoms with Gasteiger partial charge in [0.1, 0.15) is 6.04 Å². The molecule has 0 amide bonds. The van der Waals surface area contributed by atoms with Crippen molar-refractivity contribution in [2.24, 2.45) is 0 Å². The molecule has 6 nitrogen and oxygen atoms in total.